The van der Waals surface area contributed by atoms with Crippen LogP contribution in [0, 0.1) is 6.92 Å². The van der Waals surface area contributed by atoms with Crippen molar-refractivity contribution in [1.29, 1.82) is 0 Å². The topological polar surface area (TPSA) is 53.4 Å². The second kappa shape index (κ2) is 6.28. The Kier molecular flexibility index (Phi) is 4.20. The number of rotatable bonds is 4. The van der Waals surface area contributed by atoms with E-state index in [1.54, 1.807) is 6.20 Å². The van der Waals surface area contributed by atoms with Crippen LogP contribution in [0.3, 0.4) is 0 Å². The highest BCUT2D eigenvalue weighted by atomic mass is 16.4. The third-order valence-electron chi connectivity index (χ3n) is 4.30. The fraction of sp³-hybridized carbons (Fsp3) is 0.333. The third-order valence-corrected chi connectivity index (χ3v) is 4.30. The first-order valence-electron chi connectivity index (χ1n) is 7.62. The van der Waals surface area contributed by atoms with E-state index in [1.165, 1.54) is 5.56 Å². The maximum Gasteiger partial charge on any atom is 0.320 e. The van der Waals surface area contributed by atoms with Crippen molar-refractivity contribution in [3.8, 4) is 0 Å². The molecule has 2 heterocycles. The summed E-state index contributed by atoms with van der Waals surface area (Å²) in [6.07, 6.45) is 5.20. The lowest BCUT2D eigenvalue weighted by atomic mass is 9.97. The van der Waals surface area contributed by atoms with Crippen LogP contribution in [0.1, 0.15) is 35.6 Å². The number of carboxylic acid groups (broad SMARTS) is 1. The van der Waals surface area contributed by atoms with Crippen LogP contribution in [0.4, 0.5) is 0 Å². The Bertz CT molecular complexity index is 640. The molecule has 0 spiro atoms. The number of carboxylic acids is 1. The zero-order valence-corrected chi connectivity index (χ0v) is 12.6. The molecule has 1 aromatic carbocycles. The van der Waals surface area contributed by atoms with Crippen LogP contribution in [0.25, 0.3) is 0 Å². The molecule has 114 valence electrons. The molecule has 4 nitrogen and oxygen atoms in total. The van der Waals surface area contributed by atoms with Crippen molar-refractivity contribution in [3.05, 3.63) is 65.5 Å². The second-order valence-corrected chi connectivity index (χ2v) is 5.83. The van der Waals surface area contributed by atoms with Crippen molar-refractivity contribution < 1.29 is 9.90 Å². The minimum Gasteiger partial charge on any atom is -0.480 e. The molecule has 1 N–H and O–H groups in total. The third kappa shape index (κ3) is 2.88. The molecule has 0 aliphatic carbocycles. The van der Waals surface area contributed by atoms with Crippen molar-refractivity contribution in [2.45, 2.75) is 31.8 Å². The number of nitrogens with zero attached hydrogens (tertiary/aromatic N) is 2. The number of benzene rings is 1. The number of hydrogen-bond acceptors (Lipinski definition) is 3. The Morgan fingerprint density at radius 2 is 2.05 bits per heavy atom. The van der Waals surface area contributed by atoms with E-state index in [2.05, 4.69) is 41.1 Å². The van der Waals surface area contributed by atoms with Gasteiger partial charge < -0.3 is 5.11 Å². The summed E-state index contributed by atoms with van der Waals surface area (Å²) in [5, 5.41) is 9.51. The van der Waals surface area contributed by atoms with Crippen molar-refractivity contribution in [2.24, 2.45) is 0 Å². The van der Waals surface area contributed by atoms with Crippen molar-refractivity contribution >= 4 is 5.97 Å². The average molecular weight is 296 g/mol. The van der Waals surface area contributed by atoms with Gasteiger partial charge in [-0.2, -0.15) is 0 Å². The van der Waals surface area contributed by atoms with Gasteiger partial charge in [-0.25, -0.2) is 0 Å². The van der Waals surface area contributed by atoms with E-state index in [1.807, 2.05) is 18.3 Å². The molecular formula is C18H20N2O2. The molecule has 22 heavy (non-hydrogen) atoms. The van der Waals surface area contributed by atoms with E-state index in [4.69, 9.17) is 0 Å². The van der Waals surface area contributed by atoms with Gasteiger partial charge in [0, 0.05) is 18.9 Å². The summed E-state index contributed by atoms with van der Waals surface area (Å²) in [6.45, 7) is 2.85. The first kappa shape index (κ1) is 14.7. The van der Waals surface area contributed by atoms with E-state index in [-0.39, 0.29) is 6.04 Å². The largest absolute Gasteiger partial charge is 0.480 e. The first-order valence-corrected chi connectivity index (χ1v) is 7.62. The molecule has 1 aromatic heterocycles. The summed E-state index contributed by atoms with van der Waals surface area (Å²) < 4.78 is 0. The summed E-state index contributed by atoms with van der Waals surface area (Å²) in [5.74, 6) is -0.737. The van der Waals surface area contributed by atoms with Gasteiger partial charge in [0.15, 0.2) is 0 Å². The van der Waals surface area contributed by atoms with Crippen LogP contribution in [-0.4, -0.2) is 33.5 Å². The SMILES string of the molecule is Cc1ccc(C(c2cccnc2)N2CCCC2C(=O)O)cc1. The van der Waals surface area contributed by atoms with Gasteiger partial charge >= 0.3 is 5.97 Å². The Hall–Kier alpha value is -2.20. The van der Waals surface area contributed by atoms with Crippen molar-refractivity contribution in [2.75, 3.05) is 6.54 Å². The second-order valence-electron chi connectivity index (χ2n) is 5.83. The first-order chi connectivity index (χ1) is 10.7. The van der Waals surface area contributed by atoms with Gasteiger partial charge in [-0.05, 0) is 37.0 Å². The fourth-order valence-corrected chi connectivity index (χ4v) is 3.23. The summed E-state index contributed by atoms with van der Waals surface area (Å²) >= 11 is 0. The molecule has 1 aliphatic rings. The van der Waals surface area contributed by atoms with Crippen LogP contribution in [0.5, 0.6) is 0 Å². The maximum absolute atomic E-state index is 11.6. The maximum atomic E-state index is 11.6. The van der Waals surface area contributed by atoms with Crippen LogP contribution >= 0.6 is 0 Å². The number of likely N-dealkylation sites (tertiary alicyclic amines) is 1. The predicted octanol–water partition coefficient (Wildman–Crippen LogP) is 3.03. The molecule has 2 aromatic rings. The average Bonchev–Trinajstić information content (AvgIpc) is 3.00. The van der Waals surface area contributed by atoms with Crippen molar-refractivity contribution in [3.63, 3.8) is 0 Å². The van der Waals surface area contributed by atoms with Gasteiger partial charge in [-0.15, -0.1) is 0 Å². The molecule has 0 radical (unpaired) electrons. The summed E-state index contributed by atoms with van der Waals surface area (Å²) in [4.78, 5) is 17.9. The molecule has 0 saturated carbocycles. The molecule has 2 atom stereocenters. The highest BCUT2D eigenvalue weighted by Crippen LogP contribution is 2.34. The summed E-state index contributed by atoms with van der Waals surface area (Å²) in [6, 6.07) is 11.8. The van der Waals surface area contributed by atoms with E-state index < -0.39 is 12.0 Å². The summed E-state index contributed by atoms with van der Waals surface area (Å²) in [5.41, 5.74) is 3.36. The Morgan fingerprint density at radius 3 is 2.68 bits per heavy atom. The monoisotopic (exact) mass is 296 g/mol. The van der Waals surface area contributed by atoms with E-state index in [9.17, 15) is 9.90 Å². The number of aromatic nitrogens is 1. The quantitative estimate of drug-likeness (QED) is 0.942. The molecule has 1 saturated heterocycles. The van der Waals surface area contributed by atoms with Crippen LogP contribution < -0.4 is 0 Å². The minimum atomic E-state index is -0.737. The summed E-state index contributed by atoms with van der Waals surface area (Å²) in [7, 11) is 0. The molecule has 0 amide bonds. The predicted molar refractivity (Wildman–Crippen MR) is 84.6 cm³/mol. The minimum absolute atomic E-state index is 0.0575. The molecule has 1 fully saturated rings. The molecular weight excluding hydrogens is 276 g/mol. The highest BCUT2D eigenvalue weighted by Gasteiger charge is 2.36. The molecule has 2 unspecified atom stereocenters. The smallest absolute Gasteiger partial charge is 0.320 e. The van der Waals surface area contributed by atoms with Crippen molar-refractivity contribution in [1.82, 2.24) is 9.88 Å². The van der Waals surface area contributed by atoms with Gasteiger partial charge in [0.25, 0.3) is 0 Å². The molecule has 1 aliphatic heterocycles. The lowest BCUT2D eigenvalue weighted by Gasteiger charge is -2.31. The number of carbonyl (C=O) groups is 1. The Morgan fingerprint density at radius 1 is 1.27 bits per heavy atom. The standard InChI is InChI=1S/C18H20N2O2/c1-13-6-8-14(9-7-13)17(15-4-2-10-19-12-15)20-11-3-5-16(20)18(21)22/h2,4,6-10,12,16-17H,3,5,11H2,1H3,(H,21,22). The highest BCUT2D eigenvalue weighted by molar-refractivity contribution is 5.74. The van der Waals surface area contributed by atoms with E-state index >= 15 is 0 Å². The zero-order chi connectivity index (χ0) is 15.5. The molecule has 3 rings (SSSR count). The molecule has 0 bridgehead atoms. The van der Waals surface area contributed by atoms with Gasteiger partial charge in [-0.3, -0.25) is 14.7 Å². The zero-order valence-electron chi connectivity index (χ0n) is 12.6. The Labute approximate surface area is 130 Å². The fourth-order valence-electron chi connectivity index (χ4n) is 3.23. The number of pyridine rings is 1. The van der Waals surface area contributed by atoms with Gasteiger partial charge in [-0.1, -0.05) is 35.9 Å². The number of aryl methyl sites for hydroxylation is 1. The van der Waals surface area contributed by atoms with Gasteiger partial charge in [0.2, 0.25) is 0 Å². The number of hydrogen-bond donors (Lipinski definition) is 1. The normalized spacial score (nSPS) is 20.0. The Balaban J connectivity index is 2.03. The number of aliphatic carboxylic acids is 1. The lowest BCUT2D eigenvalue weighted by molar-refractivity contribution is -0.142. The van der Waals surface area contributed by atoms with Crippen LogP contribution in [0.2, 0.25) is 0 Å². The molecule has 4 heteroatoms. The van der Waals surface area contributed by atoms with E-state index in [0.29, 0.717) is 6.42 Å². The van der Waals surface area contributed by atoms with E-state index in [0.717, 1.165) is 24.1 Å². The van der Waals surface area contributed by atoms with Crippen LogP contribution in [-0.2, 0) is 4.79 Å². The lowest BCUT2D eigenvalue weighted by Crippen LogP contribution is -2.39. The van der Waals surface area contributed by atoms with Gasteiger partial charge in [0.05, 0.1) is 6.04 Å². The van der Waals surface area contributed by atoms with Gasteiger partial charge in [0.1, 0.15) is 6.04 Å². The van der Waals surface area contributed by atoms with Crippen LogP contribution in [0.15, 0.2) is 48.8 Å².